The molecule has 60 valence electrons. The highest BCUT2D eigenvalue weighted by atomic mass is 35.5. The fraction of sp³-hybridized carbons (Fsp3) is 0.333. The van der Waals surface area contributed by atoms with Gasteiger partial charge in [0, 0.05) is 5.56 Å². The topological polar surface area (TPSA) is 46.0 Å². The largest absolute Gasteiger partial charge is 0.389 e. The van der Waals surface area contributed by atoms with E-state index in [0.717, 1.165) is 0 Å². The molecule has 1 rings (SSSR count). The Bertz CT molecular complexity index is 245. The molecular formula is C6H6Cl2N2O. The molecule has 5 heteroatoms. The van der Waals surface area contributed by atoms with Crippen molar-refractivity contribution in [3.8, 4) is 0 Å². The van der Waals surface area contributed by atoms with Crippen molar-refractivity contribution in [1.82, 2.24) is 10.2 Å². The molecule has 0 saturated heterocycles. The highest BCUT2D eigenvalue weighted by Gasteiger charge is 2.11. The molecule has 1 aromatic heterocycles. The van der Waals surface area contributed by atoms with Gasteiger partial charge in [0.15, 0.2) is 5.15 Å². The van der Waals surface area contributed by atoms with Crippen molar-refractivity contribution >= 4 is 23.2 Å². The van der Waals surface area contributed by atoms with Gasteiger partial charge in [-0.3, -0.25) is 0 Å². The van der Waals surface area contributed by atoms with Crippen LogP contribution in [0.25, 0.3) is 0 Å². The van der Waals surface area contributed by atoms with Crippen LogP contribution in [0.3, 0.4) is 0 Å². The van der Waals surface area contributed by atoms with Gasteiger partial charge in [-0.2, -0.15) is 5.10 Å². The monoisotopic (exact) mass is 192 g/mol. The zero-order valence-corrected chi connectivity index (χ0v) is 7.26. The van der Waals surface area contributed by atoms with E-state index < -0.39 is 6.10 Å². The van der Waals surface area contributed by atoms with Gasteiger partial charge in [0.2, 0.25) is 0 Å². The van der Waals surface area contributed by atoms with E-state index in [1.165, 1.54) is 6.20 Å². The van der Waals surface area contributed by atoms with Crippen LogP contribution in [-0.2, 0) is 0 Å². The minimum absolute atomic E-state index is 0.146. The Hall–Kier alpha value is -0.380. The highest BCUT2D eigenvalue weighted by molar-refractivity contribution is 6.35. The Morgan fingerprint density at radius 1 is 1.55 bits per heavy atom. The standard InChI is InChI=1S/C6H6Cl2N2O/c1-3(11)5-4(7)2-9-10-6(5)8/h2-3,11H,1H3/t3-/m0/s1. The van der Waals surface area contributed by atoms with Crippen molar-refractivity contribution in [2.75, 3.05) is 0 Å². The van der Waals surface area contributed by atoms with Gasteiger partial charge in [0.25, 0.3) is 0 Å². The summed E-state index contributed by atoms with van der Waals surface area (Å²) in [6, 6.07) is 0. The molecule has 1 aromatic rings. The number of aliphatic hydroxyl groups excluding tert-OH is 1. The second-order valence-corrected chi connectivity index (χ2v) is 2.84. The van der Waals surface area contributed by atoms with Gasteiger partial charge in [-0.05, 0) is 6.92 Å². The first-order valence-electron chi connectivity index (χ1n) is 2.97. The summed E-state index contributed by atoms with van der Waals surface area (Å²) in [5, 5.41) is 16.7. The average Bonchev–Trinajstić information content (AvgIpc) is 1.85. The predicted molar refractivity (Wildman–Crippen MR) is 42.7 cm³/mol. The Labute approximate surface area is 74.0 Å². The van der Waals surface area contributed by atoms with E-state index in [1.807, 2.05) is 0 Å². The van der Waals surface area contributed by atoms with Crippen LogP contribution >= 0.6 is 23.2 Å². The maximum atomic E-state index is 9.15. The van der Waals surface area contributed by atoms with Gasteiger partial charge in [-0.15, -0.1) is 5.10 Å². The fourth-order valence-corrected chi connectivity index (χ4v) is 1.37. The summed E-state index contributed by atoms with van der Waals surface area (Å²) >= 11 is 11.3. The third-order valence-corrected chi connectivity index (χ3v) is 1.79. The molecule has 1 N–H and O–H groups in total. The third-order valence-electron chi connectivity index (χ3n) is 1.21. The molecule has 0 fully saturated rings. The van der Waals surface area contributed by atoms with E-state index in [1.54, 1.807) is 6.92 Å². The maximum Gasteiger partial charge on any atom is 0.158 e. The van der Waals surface area contributed by atoms with Crippen LogP contribution < -0.4 is 0 Å². The second kappa shape index (κ2) is 3.34. The maximum absolute atomic E-state index is 9.15. The number of rotatable bonds is 1. The number of halogens is 2. The molecule has 0 spiro atoms. The van der Waals surface area contributed by atoms with Crippen LogP contribution in [0.5, 0.6) is 0 Å². The van der Waals surface area contributed by atoms with Crippen LogP contribution in [0.2, 0.25) is 10.2 Å². The molecule has 1 atom stereocenters. The first-order valence-corrected chi connectivity index (χ1v) is 3.73. The van der Waals surface area contributed by atoms with Gasteiger partial charge in [0.1, 0.15) is 0 Å². The van der Waals surface area contributed by atoms with Crippen molar-refractivity contribution in [2.45, 2.75) is 13.0 Å². The number of hydrogen-bond acceptors (Lipinski definition) is 3. The molecule has 0 aliphatic heterocycles. The fourth-order valence-electron chi connectivity index (χ4n) is 0.724. The Kier molecular flexibility index (Phi) is 2.65. The number of nitrogens with zero attached hydrogens (tertiary/aromatic N) is 2. The summed E-state index contributed by atoms with van der Waals surface area (Å²) in [5.74, 6) is 0. The lowest BCUT2D eigenvalue weighted by Crippen LogP contribution is -1.97. The summed E-state index contributed by atoms with van der Waals surface area (Å²) in [4.78, 5) is 0. The van der Waals surface area contributed by atoms with Crippen molar-refractivity contribution in [3.63, 3.8) is 0 Å². The lowest BCUT2D eigenvalue weighted by atomic mass is 10.2. The predicted octanol–water partition coefficient (Wildman–Crippen LogP) is 1.84. The third kappa shape index (κ3) is 1.80. The van der Waals surface area contributed by atoms with Crippen LogP contribution in [0, 0.1) is 0 Å². The van der Waals surface area contributed by atoms with Crippen molar-refractivity contribution in [3.05, 3.63) is 21.9 Å². The molecule has 1 heterocycles. The van der Waals surface area contributed by atoms with E-state index in [2.05, 4.69) is 10.2 Å². The summed E-state index contributed by atoms with van der Waals surface area (Å²) in [7, 11) is 0. The SMILES string of the molecule is C[C@H](O)c1c(Cl)cnnc1Cl. The van der Waals surface area contributed by atoms with E-state index in [0.29, 0.717) is 10.6 Å². The summed E-state index contributed by atoms with van der Waals surface area (Å²) < 4.78 is 0. The molecule has 0 saturated carbocycles. The smallest absolute Gasteiger partial charge is 0.158 e. The number of hydrogen-bond donors (Lipinski definition) is 1. The van der Waals surface area contributed by atoms with E-state index in [4.69, 9.17) is 28.3 Å². The molecule has 0 unspecified atom stereocenters. The van der Waals surface area contributed by atoms with E-state index in [9.17, 15) is 0 Å². The van der Waals surface area contributed by atoms with Gasteiger partial charge < -0.3 is 5.11 Å². The van der Waals surface area contributed by atoms with Crippen molar-refractivity contribution in [2.24, 2.45) is 0 Å². The summed E-state index contributed by atoms with van der Waals surface area (Å²) in [6.07, 6.45) is 0.626. The van der Waals surface area contributed by atoms with Gasteiger partial charge in [-0.25, -0.2) is 0 Å². The zero-order valence-electron chi connectivity index (χ0n) is 5.75. The van der Waals surface area contributed by atoms with Gasteiger partial charge in [-0.1, -0.05) is 23.2 Å². The Balaban J connectivity index is 3.21. The van der Waals surface area contributed by atoms with E-state index >= 15 is 0 Å². The summed E-state index contributed by atoms with van der Waals surface area (Å²) in [5.41, 5.74) is 0.420. The minimum Gasteiger partial charge on any atom is -0.389 e. The molecule has 0 aliphatic carbocycles. The van der Waals surface area contributed by atoms with Crippen LogP contribution in [0.1, 0.15) is 18.6 Å². The molecule has 3 nitrogen and oxygen atoms in total. The first kappa shape index (κ1) is 8.71. The zero-order chi connectivity index (χ0) is 8.43. The van der Waals surface area contributed by atoms with Crippen molar-refractivity contribution < 1.29 is 5.11 Å². The quantitative estimate of drug-likeness (QED) is 0.739. The molecule has 0 aliphatic rings. The lowest BCUT2D eigenvalue weighted by Gasteiger charge is -2.06. The minimum atomic E-state index is -0.717. The van der Waals surface area contributed by atoms with Gasteiger partial charge >= 0.3 is 0 Å². The average molecular weight is 193 g/mol. The molecule has 0 amide bonds. The van der Waals surface area contributed by atoms with Crippen molar-refractivity contribution in [1.29, 1.82) is 0 Å². The second-order valence-electron chi connectivity index (χ2n) is 2.07. The highest BCUT2D eigenvalue weighted by Crippen LogP contribution is 2.26. The molecule has 0 radical (unpaired) electrons. The van der Waals surface area contributed by atoms with Gasteiger partial charge in [0.05, 0.1) is 17.3 Å². The van der Waals surface area contributed by atoms with Crippen LogP contribution in [0.4, 0.5) is 0 Å². The van der Waals surface area contributed by atoms with E-state index in [-0.39, 0.29) is 5.15 Å². The first-order chi connectivity index (χ1) is 5.13. The van der Waals surface area contributed by atoms with Crippen LogP contribution in [-0.4, -0.2) is 15.3 Å². The molecular weight excluding hydrogens is 187 g/mol. The lowest BCUT2D eigenvalue weighted by molar-refractivity contribution is 0.199. The Morgan fingerprint density at radius 3 is 2.55 bits per heavy atom. The number of aliphatic hydroxyl groups is 1. The molecule has 11 heavy (non-hydrogen) atoms. The van der Waals surface area contributed by atoms with Crippen LogP contribution in [0.15, 0.2) is 6.20 Å². The molecule has 0 bridgehead atoms. The normalized spacial score (nSPS) is 13.1. The number of aromatic nitrogens is 2. The molecule has 0 aromatic carbocycles. The Morgan fingerprint density at radius 2 is 2.18 bits per heavy atom. The summed E-state index contributed by atoms with van der Waals surface area (Å²) in [6.45, 7) is 1.56.